The standard InChI is InChI=1S/C17H25N3O/c1-19-8-4-5-15-11-14(6-7-16(15)19)12-18-13-17(21)20-9-2-3-10-20/h6-7,11,18H,2-5,8-10,12-13H2,1H3. The summed E-state index contributed by atoms with van der Waals surface area (Å²) in [6.45, 7) is 4.25. The molecule has 0 bridgehead atoms. The number of nitrogens with zero attached hydrogens (tertiary/aromatic N) is 2. The number of hydrogen-bond acceptors (Lipinski definition) is 3. The number of anilines is 1. The van der Waals surface area contributed by atoms with E-state index in [4.69, 9.17) is 0 Å². The van der Waals surface area contributed by atoms with E-state index in [1.807, 2.05) is 4.90 Å². The Hall–Kier alpha value is -1.55. The quantitative estimate of drug-likeness (QED) is 0.917. The Kier molecular flexibility index (Phi) is 4.44. The van der Waals surface area contributed by atoms with Crippen LogP contribution in [0, 0.1) is 0 Å². The minimum absolute atomic E-state index is 0.241. The van der Waals surface area contributed by atoms with E-state index in [0.29, 0.717) is 6.54 Å². The molecule has 1 N–H and O–H groups in total. The maximum Gasteiger partial charge on any atom is 0.236 e. The van der Waals surface area contributed by atoms with Crippen LogP contribution in [0.3, 0.4) is 0 Å². The summed E-state index contributed by atoms with van der Waals surface area (Å²) in [4.78, 5) is 16.3. The third-order valence-corrected chi connectivity index (χ3v) is 4.56. The van der Waals surface area contributed by atoms with Crippen LogP contribution in [0.2, 0.25) is 0 Å². The normalized spacial score (nSPS) is 18.0. The molecule has 2 heterocycles. The van der Waals surface area contributed by atoms with Gasteiger partial charge in [-0.2, -0.15) is 0 Å². The van der Waals surface area contributed by atoms with Gasteiger partial charge >= 0.3 is 0 Å². The third-order valence-electron chi connectivity index (χ3n) is 4.56. The number of nitrogens with one attached hydrogen (secondary N) is 1. The van der Waals surface area contributed by atoms with Crippen molar-refractivity contribution in [1.82, 2.24) is 10.2 Å². The Balaban J connectivity index is 1.52. The monoisotopic (exact) mass is 287 g/mol. The molecule has 0 aromatic heterocycles. The zero-order valence-electron chi connectivity index (χ0n) is 12.9. The average molecular weight is 287 g/mol. The second-order valence-corrected chi connectivity index (χ2v) is 6.18. The van der Waals surface area contributed by atoms with Crippen molar-refractivity contribution in [3.63, 3.8) is 0 Å². The predicted molar refractivity (Wildman–Crippen MR) is 85.6 cm³/mol. The van der Waals surface area contributed by atoms with Crippen LogP contribution in [0.5, 0.6) is 0 Å². The van der Waals surface area contributed by atoms with E-state index in [2.05, 4.69) is 35.5 Å². The third kappa shape index (κ3) is 3.38. The molecule has 0 saturated carbocycles. The number of benzene rings is 1. The minimum Gasteiger partial charge on any atom is -0.374 e. The smallest absolute Gasteiger partial charge is 0.236 e. The molecule has 0 spiro atoms. The van der Waals surface area contributed by atoms with Crippen LogP contribution in [0.1, 0.15) is 30.4 Å². The predicted octanol–water partition coefficient (Wildman–Crippen LogP) is 1.78. The van der Waals surface area contributed by atoms with Crippen molar-refractivity contribution in [2.75, 3.05) is 38.1 Å². The number of rotatable bonds is 4. The first-order chi connectivity index (χ1) is 10.2. The first kappa shape index (κ1) is 14.4. The van der Waals surface area contributed by atoms with Gasteiger partial charge in [0.1, 0.15) is 0 Å². The molecule has 1 saturated heterocycles. The van der Waals surface area contributed by atoms with Gasteiger partial charge in [0, 0.05) is 38.9 Å². The van der Waals surface area contributed by atoms with Gasteiger partial charge in [0.15, 0.2) is 0 Å². The fraction of sp³-hybridized carbons (Fsp3) is 0.588. The summed E-state index contributed by atoms with van der Waals surface area (Å²) >= 11 is 0. The van der Waals surface area contributed by atoms with Crippen LogP contribution < -0.4 is 10.2 Å². The van der Waals surface area contributed by atoms with E-state index in [0.717, 1.165) is 39.0 Å². The van der Waals surface area contributed by atoms with Crippen LogP contribution in [0.4, 0.5) is 5.69 Å². The van der Waals surface area contributed by atoms with Gasteiger partial charge in [-0.15, -0.1) is 0 Å². The lowest BCUT2D eigenvalue weighted by atomic mass is 9.99. The van der Waals surface area contributed by atoms with Gasteiger partial charge in [0.05, 0.1) is 6.54 Å². The molecule has 114 valence electrons. The van der Waals surface area contributed by atoms with E-state index in [9.17, 15) is 4.79 Å². The number of carbonyl (C=O) groups is 1. The van der Waals surface area contributed by atoms with Gasteiger partial charge in [-0.25, -0.2) is 0 Å². The van der Waals surface area contributed by atoms with Crippen LogP contribution >= 0.6 is 0 Å². The number of likely N-dealkylation sites (tertiary alicyclic amines) is 1. The van der Waals surface area contributed by atoms with Gasteiger partial charge in [-0.3, -0.25) is 4.79 Å². The molecule has 0 atom stereocenters. The molecule has 21 heavy (non-hydrogen) atoms. The van der Waals surface area contributed by atoms with E-state index >= 15 is 0 Å². The first-order valence-electron chi connectivity index (χ1n) is 8.05. The van der Waals surface area contributed by atoms with Gasteiger partial charge in [0.25, 0.3) is 0 Å². The molecule has 3 rings (SSSR count). The Bertz CT molecular complexity index is 509. The Morgan fingerprint density at radius 3 is 2.81 bits per heavy atom. The number of hydrogen-bond donors (Lipinski definition) is 1. The maximum absolute atomic E-state index is 12.0. The highest BCUT2D eigenvalue weighted by Crippen LogP contribution is 2.26. The Morgan fingerprint density at radius 2 is 2.00 bits per heavy atom. The van der Waals surface area contributed by atoms with Gasteiger partial charge in [0.2, 0.25) is 5.91 Å². The highest BCUT2D eigenvalue weighted by atomic mass is 16.2. The summed E-state index contributed by atoms with van der Waals surface area (Å²) < 4.78 is 0. The molecule has 2 aliphatic heterocycles. The summed E-state index contributed by atoms with van der Waals surface area (Å²) in [7, 11) is 2.16. The molecular formula is C17H25N3O. The average Bonchev–Trinajstić information content (AvgIpc) is 3.01. The largest absolute Gasteiger partial charge is 0.374 e. The molecule has 0 unspecified atom stereocenters. The van der Waals surface area contributed by atoms with E-state index in [1.54, 1.807) is 0 Å². The molecule has 0 radical (unpaired) electrons. The topological polar surface area (TPSA) is 35.6 Å². The van der Waals surface area contributed by atoms with Crippen molar-refractivity contribution >= 4 is 11.6 Å². The Labute approximate surface area is 127 Å². The van der Waals surface area contributed by atoms with Crippen molar-refractivity contribution < 1.29 is 4.79 Å². The summed E-state index contributed by atoms with van der Waals surface area (Å²) in [6.07, 6.45) is 4.71. The summed E-state index contributed by atoms with van der Waals surface area (Å²) in [6, 6.07) is 6.68. The summed E-state index contributed by atoms with van der Waals surface area (Å²) in [5.74, 6) is 0.241. The lowest BCUT2D eigenvalue weighted by Crippen LogP contribution is -2.36. The van der Waals surface area contributed by atoms with Crippen molar-refractivity contribution in [3.05, 3.63) is 29.3 Å². The van der Waals surface area contributed by atoms with Crippen LogP contribution in [0.15, 0.2) is 18.2 Å². The molecule has 4 heteroatoms. The lowest BCUT2D eigenvalue weighted by Gasteiger charge is -2.27. The van der Waals surface area contributed by atoms with Gasteiger partial charge in [-0.1, -0.05) is 12.1 Å². The minimum atomic E-state index is 0.241. The highest BCUT2D eigenvalue weighted by Gasteiger charge is 2.17. The molecule has 4 nitrogen and oxygen atoms in total. The van der Waals surface area contributed by atoms with Crippen molar-refractivity contribution in [1.29, 1.82) is 0 Å². The zero-order chi connectivity index (χ0) is 14.7. The van der Waals surface area contributed by atoms with E-state index < -0.39 is 0 Å². The fourth-order valence-corrected chi connectivity index (χ4v) is 3.34. The SMILES string of the molecule is CN1CCCc2cc(CNCC(=O)N3CCCC3)ccc21. The van der Waals surface area contributed by atoms with Crippen LogP contribution in [-0.2, 0) is 17.8 Å². The number of aryl methyl sites for hydroxylation is 1. The number of fused-ring (bicyclic) bond motifs is 1. The molecule has 1 aromatic carbocycles. The maximum atomic E-state index is 12.0. The second-order valence-electron chi connectivity index (χ2n) is 6.18. The molecule has 0 aliphatic carbocycles. The first-order valence-corrected chi connectivity index (χ1v) is 8.05. The number of amides is 1. The Morgan fingerprint density at radius 1 is 1.19 bits per heavy atom. The van der Waals surface area contributed by atoms with E-state index in [-0.39, 0.29) is 5.91 Å². The highest BCUT2D eigenvalue weighted by molar-refractivity contribution is 5.78. The van der Waals surface area contributed by atoms with Crippen LogP contribution in [0.25, 0.3) is 0 Å². The molecular weight excluding hydrogens is 262 g/mol. The lowest BCUT2D eigenvalue weighted by molar-refractivity contribution is -0.129. The molecule has 1 aromatic rings. The second kappa shape index (κ2) is 6.48. The molecule has 1 fully saturated rings. The van der Waals surface area contributed by atoms with Crippen LogP contribution in [-0.4, -0.2) is 44.0 Å². The van der Waals surface area contributed by atoms with Crippen molar-refractivity contribution in [2.45, 2.75) is 32.2 Å². The summed E-state index contributed by atoms with van der Waals surface area (Å²) in [5.41, 5.74) is 4.07. The van der Waals surface area contributed by atoms with Crippen molar-refractivity contribution in [3.8, 4) is 0 Å². The fourth-order valence-electron chi connectivity index (χ4n) is 3.34. The molecule has 2 aliphatic rings. The van der Waals surface area contributed by atoms with Gasteiger partial charge < -0.3 is 15.1 Å². The number of carbonyl (C=O) groups excluding carboxylic acids is 1. The summed E-state index contributed by atoms with van der Waals surface area (Å²) in [5, 5.41) is 3.29. The zero-order valence-corrected chi connectivity index (χ0v) is 12.9. The molecule has 1 amide bonds. The van der Waals surface area contributed by atoms with E-state index in [1.165, 1.54) is 29.7 Å². The van der Waals surface area contributed by atoms with Gasteiger partial charge in [-0.05, 0) is 42.9 Å². The van der Waals surface area contributed by atoms with Crippen molar-refractivity contribution in [2.24, 2.45) is 0 Å².